The number of thiophene rings is 1. The van der Waals surface area contributed by atoms with Crippen molar-refractivity contribution in [3.8, 4) is 0 Å². The van der Waals surface area contributed by atoms with Crippen LogP contribution in [0.2, 0.25) is 4.34 Å². The van der Waals surface area contributed by atoms with Crippen molar-refractivity contribution in [2.45, 2.75) is 6.92 Å². The van der Waals surface area contributed by atoms with Crippen LogP contribution in [0.3, 0.4) is 0 Å². The van der Waals surface area contributed by atoms with E-state index in [0.717, 1.165) is 11.3 Å². The fraction of sp³-hybridized carbons (Fsp3) is 0.250. The predicted octanol–water partition coefficient (Wildman–Crippen LogP) is 1.72. The highest BCUT2D eigenvalue weighted by Crippen LogP contribution is 2.21. The summed E-state index contributed by atoms with van der Waals surface area (Å²) in [5.74, 6) is -1.11. The molecule has 3 nitrogen and oxygen atoms in total. The maximum absolute atomic E-state index is 11.3. The van der Waals surface area contributed by atoms with E-state index in [1.807, 2.05) is 0 Å². The Morgan fingerprint density at radius 3 is 2.69 bits per heavy atom. The van der Waals surface area contributed by atoms with Gasteiger partial charge >= 0.3 is 0 Å². The molecule has 1 amide bonds. The lowest BCUT2D eigenvalue weighted by molar-refractivity contribution is -0.116. The Morgan fingerprint density at radius 2 is 2.23 bits per heavy atom. The van der Waals surface area contributed by atoms with E-state index < -0.39 is 11.7 Å². The quantitative estimate of drug-likeness (QED) is 0.619. The summed E-state index contributed by atoms with van der Waals surface area (Å²) in [4.78, 5) is 22.7. The molecule has 0 radical (unpaired) electrons. The molecule has 0 unspecified atom stereocenters. The van der Waals surface area contributed by atoms with Gasteiger partial charge < -0.3 is 5.32 Å². The molecule has 0 aromatic carbocycles. The van der Waals surface area contributed by atoms with Crippen molar-refractivity contribution in [2.75, 3.05) is 6.54 Å². The number of likely N-dealkylation sites (N-methyl/N-ethyl adjacent to an activating group) is 1. The maximum Gasteiger partial charge on any atom is 0.293 e. The molecule has 5 heteroatoms. The van der Waals surface area contributed by atoms with Crippen molar-refractivity contribution in [3.05, 3.63) is 21.3 Å². The molecule has 1 rings (SSSR count). The molecule has 1 heterocycles. The zero-order valence-electron chi connectivity index (χ0n) is 6.96. The lowest BCUT2D eigenvalue weighted by atomic mass is 10.3. The second-order valence-electron chi connectivity index (χ2n) is 2.29. The summed E-state index contributed by atoms with van der Waals surface area (Å²) < 4.78 is 0.507. The monoisotopic (exact) mass is 217 g/mol. The highest BCUT2D eigenvalue weighted by Gasteiger charge is 2.16. The first-order valence-electron chi connectivity index (χ1n) is 3.73. The van der Waals surface area contributed by atoms with Gasteiger partial charge in [0, 0.05) is 6.54 Å². The number of hydrogen-bond donors (Lipinski definition) is 1. The van der Waals surface area contributed by atoms with E-state index in [1.165, 1.54) is 0 Å². The predicted molar refractivity (Wildman–Crippen MR) is 52.3 cm³/mol. The van der Waals surface area contributed by atoms with Crippen LogP contribution in [0, 0.1) is 0 Å². The second kappa shape index (κ2) is 4.39. The van der Waals surface area contributed by atoms with E-state index in [4.69, 9.17) is 11.6 Å². The van der Waals surface area contributed by atoms with Crippen LogP contribution in [-0.2, 0) is 4.79 Å². The number of Topliss-reactive ketones (excluding diaryl/α,β-unsaturated/α-hetero) is 1. The Bertz CT molecular complexity index is 335. The molecule has 0 saturated carbocycles. The zero-order valence-corrected chi connectivity index (χ0v) is 8.54. The van der Waals surface area contributed by atoms with Gasteiger partial charge in [-0.1, -0.05) is 11.6 Å². The average molecular weight is 218 g/mol. The smallest absolute Gasteiger partial charge is 0.293 e. The minimum atomic E-state index is -0.582. The second-order valence-corrected chi connectivity index (χ2v) is 4.01. The number of amides is 1. The topological polar surface area (TPSA) is 46.2 Å². The summed E-state index contributed by atoms with van der Waals surface area (Å²) in [5.41, 5.74) is 0. The fourth-order valence-electron chi connectivity index (χ4n) is 0.789. The molecule has 0 bridgehead atoms. The molecular formula is C8H8ClNO2S. The van der Waals surface area contributed by atoms with Crippen molar-refractivity contribution in [2.24, 2.45) is 0 Å². The third-order valence-electron chi connectivity index (χ3n) is 1.34. The molecule has 0 aliphatic carbocycles. The third kappa shape index (κ3) is 2.54. The van der Waals surface area contributed by atoms with Gasteiger partial charge in [-0.2, -0.15) is 0 Å². The number of carbonyl (C=O) groups is 2. The van der Waals surface area contributed by atoms with Gasteiger partial charge in [0.2, 0.25) is 0 Å². The van der Waals surface area contributed by atoms with Gasteiger partial charge in [-0.15, -0.1) is 11.3 Å². The van der Waals surface area contributed by atoms with E-state index in [2.05, 4.69) is 5.32 Å². The Balaban J connectivity index is 2.73. The van der Waals surface area contributed by atoms with Gasteiger partial charge in [-0.25, -0.2) is 0 Å². The highest BCUT2D eigenvalue weighted by atomic mass is 35.5. The number of carbonyl (C=O) groups excluding carboxylic acids is 2. The van der Waals surface area contributed by atoms with Crippen LogP contribution in [0.15, 0.2) is 12.1 Å². The summed E-state index contributed by atoms with van der Waals surface area (Å²) in [5, 5.41) is 2.43. The van der Waals surface area contributed by atoms with E-state index >= 15 is 0 Å². The largest absolute Gasteiger partial charge is 0.349 e. The Labute approximate surface area is 84.7 Å². The highest BCUT2D eigenvalue weighted by molar-refractivity contribution is 7.18. The molecule has 0 spiro atoms. The van der Waals surface area contributed by atoms with E-state index in [0.29, 0.717) is 15.8 Å². The molecule has 1 N–H and O–H groups in total. The SMILES string of the molecule is CCNC(=O)C(=O)c1ccc(Cl)s1. The molecule has 0 aliphatic rings. The van der Waals surface area contributed by atoms with Crippen molar-refractivity contribution < 1.29 is 9.59 Å². The van der Waals surface area contributed by atoms with Crippen molar-refractivity contribution in [3.63, 3.8) is 0 Å². The summed E-state index contributed by atoms with van der Waals surface area (Å²) in [6.07, 6.45) is 0. The van der Waals surface area contributed by atoms with Gasteiger partial charge in [0.25, 0.3) is 11.7 Å². The van der Waals surface area contributed by atoms with Crippen LogP contribution in [0.5, 0.6) is 0 Å². The lowest BCUT2D eigenvalue weighted by Gasteiger charge is -1.97. The van der Waals surface area contributed by atoms with E-state index in [9.17, 15) is 9.59 Å². The molecular weight excluding hydrogens is 210 g/mol. The molecule has 0 saturated heterocycles. The number of ketones is 1. The molecule has 0 aliphatic heterocycles. The number of hydrogen-bond acceptors (Lipinski definition) is 3. The van der Waals surface area contributed by atoms with Crippen molar-refractivity contribution in [1.82, 2.24) is 5.32 Å². The van der Waals surface area contributed by atoms with Crippen LogP contribution in [0.4, 0.5) is 0 Å². The fourth-order valence-corrected chi connectivity index (χ4v) is 1.77. The Morgan fingerprint density at radius 1 is 1.54 bits per heavy atom. The van der Waals surface area contributed by atoms with Crippen LogP contribution >= 0.6 is 22.9 Å². The summed E-state index contributed by atoms with van der Waals surface area (Å²) in [7, 11) is 0. The van der Waals surface area contributed by atoms with Gasteiger partial charge in [0.15, 0.2) is 0 Å². The Hall–Kier alpha value is -0.870. The first-order valence-corrected chi connectivity index (χ1v) is 4.92. The van der Waals surface area contributed by atoms with Gasteiger partial charge in [-0.05, 0) is 19.1 Å². The van der Waals surface area contributed by atoms with Crippen molar-refractivity contribution >= 4 is 34.6 Å². The van der Waals surface area contributed by atoms with E-state index in [1.54, 1.807) is 19.1 Å². The summed E-state index contributed by atoms with van der Waals surface area (Å²) in [6, 6.07) is 3.14. The molecule has 70 valence electrons. The van der Waals surface area contributed by atoms with Gasteiger partial charge in [0.05, 0.1) is 9.21 Å². The standard InChI is InChI=1S/C8H8ClNO2S/c1-2-10-8(12)7(11)5-3-4-6(9)13-5/h3-4H,2H2,1H3,(H,10,12). The van der Waals surface area contributed by atoms with Crippen molar-refractivity contribution in [1.29, 1.82) is 0 Å². The molecule has 1 aromatic rings. The summed E-state index contributed by atoms with van der Waals surface area (Å²) in [6.45, 7) is 2.20. The maximum atomic E-state index is 11.3. The number of nitrogens with one attached hydrogen (secondary N) is 1. The van der Waals surface area contributed by atoms with Crippen LogP contribution in [0.1, 0.15) is 16.6 Å². The van der Waals surface area contributed by atoms with Gasteiger partial charge in [0.1, 0.15) is 0 Å². The van der Waals surface area contributed by atoms with Crippen LogP contribution in [0.25, 0.3) is 0 Å². The van der Waals surface area contributed by atoms with Crippen LogP contribution in [-0.4, -0.2) is 18.2 Å². The zero-order chi connectivity index (χ0) is 9.84. The number of halogens is 1. The molecule has 0 fully saturated rings. The average Bonchev–Trinajstić information content (AvgIpc) is 2.51. The first-order chi connectivity index (χ1) is 6.15. The third-order valence-corrected chi connectivity index (χ3v) is 2.57. The first kappa shape index (κ1) is 10.2. The lowest BCUT2D eigenvalue weighted by Crippen LogP contribution is -2.30. The van der Waals surface area contributed by atoms with Crippen LogP contribution < -0.4 is 5.32 Å². The van der Waals surface area contributed by atoms with E-state index in [-0.39, 0.29) is 0 Å². The molecule has 13 heavy (non-hydrogen) atoms. The number of rotatable bonds is 3. The molecule has 1 aromatic heterocycles. The normalized spacial score (nSPS) is 9.69. The minimum absolute atomic E-state index is 0.371. The summed E-state index contributed by atoms with van der Waals surface area (Å²) >= 11 is 6.73. The Kier molecular flexibility index (Phi) is 3.45. The molecule has 0 atom stereocenters. The minimum Gasteiger partial charge on any atom is -0.349 e. The van der Waals surface area contributed by atoms with Gasteiger partial charge in [-0.3, -0.25) is 9.59 Å².